The Balaban J connectivity index is 1.83. The molecule has 6 nitrogen and oxygen atoms in total. The maximum atomic E-state index is 12.1. The van der Waals surface area contributed by atoms with Gasteiger partial charge in [-0.3, -0.25) is 14.9 Å². The Morgan fingerprint density at radius 1 is 1.32 bits per heavy atom. The van der Waals surface area contributed by atoms with E-state index in [1.54, 1.807) is 35.8 Å². The van der Waals surface area contributed by atoms with E-state index in [2.05, 4.69) is 4.98 Å². The molecule has 0 atom stereocenters. The lowest BCUT2D eigenvalue weighted by Gasteiger charge is -1.97. The van der Waals surface area contributed by atoms with Gasteiger partial charge in [0.05, 0.1) is 4.92 Å². The molecule has 0 bridgehead atoms. The number of nitrogens with zero attached hydrogens (tertiary/aromatic N) is 2. The Bertz CT molecular complexity index is 827. The predicted octanol–water partition coefficient (Wildman–Crippen LogP) is 4.24. The van der Waals surface area contributed by atoms with E-state index in [-0.39, 0.29) is 16.6 Å². The number of aromatic nitrogens is 1. The first kappa shape index (κ1) is 14.5. The van der Waals surface area contributed by atoms with E-state index in [9.17, 15) is 14.9 Å². The number of benzene rings is 1. The van der Waals surface area contributed by atoms with Gasteiger partial charge in [-0.25, -0.2) is 4.98 Å². The van der Waals surface area contributed by atoms with Gasteiger partial charge in [0, 0.05) is 29.3 Å². The largest absolute Gasteiger partial charge is 0.452 e. The first-order chi connectivity index (χ1) is 10.6. The highest BCUT2D eigenvalue weighted by Crippen LogP contribution is 2.29. The van der Waals surface area contributed by atoms with Crippen molar-refractivity contribution in [1.29, 1.82) is 0 Å². The lowest BCUT2D eigenvalue weighted by molar-refractivity contribution is -0.384. The van der Waals surface area contributed by atoms with E-state index in [0.717, 1.165) is 11.8 Å². The van der Waals surface area contributed by atoms with Gasteiger partial charge in [0.1, 0.15) is 5.76 Å². The summed E-state index contributed by atoms with van der Waals surface area (Å²) in [6.45, 7) is 0. The molecule has 0 N–H and O–H groups in total. The van der Waals surface area contributed by atoms with Crippen molar-refractivity contribution in [1.82, 2.24) is 4.98 Å². The molecular formula is C14H8N2O4S2. The number of hydrogen-bond donors (Lipinski definition) is 0. The lowest BCUT2D eigenvalue weighted by Crippen LogP contribution is -1.89. The number of rotatable bonds is 4. The molecule has 3 rings (SSSR count). The van der Waals surface area contributed by atoms with Crippen LogP contribution in [0, 0.1) is 10.1 Å². The Kier molecular flexibility index (Phi) is 4.03. The van der Waals surface area contributed by atoms with Crippen molar-refractivity contribution in [3.8, 4) is 11.3 Å². The average Bonchev–Trinajstić information content (AvgIpc) is 3.18. The lowest BCUT2D eigenvalue weighted by atomic mass is 10.1. The summed E-state index contributed by atoms with van der Waals surface area (Å²) in [6, 6.07) is 9.24. The summed E-state index contributed by atoms with van der Waals surface area (Å²) in [6.07, 6.45) is 1.62. The van der Waals surface area contributed by atoms with Crippen LogP contribution in [0.1, 0.15) is 10.6 Å². The van der Waals surface area contributed by atoms with Gasteiger partial charge in [-0.15, -0.1) is 11.3 Å². The highest BCUT2D eigenvalue weighted by Gasteiger charge is 2.16. The molecule has 2 aromatic heterocycles. The number of carbonyl (C=O) groups is 1. The molecule has 8 heteroatoms. The molecule has 22 heavy (non-hydrogen) atoms. The molecule has 3 aromatic rings. The van der Waals surface area contributed by atoms with Crippen LogP contribution in [0.2, 0.25) is 0 Å². The van der Waals surface area contributed by atoms with Crippen LogP contribution >= 0.6 is 23.1 Å². The van der Waals surface area contributed by atoms with Crippen LogP contribution in [0.3, 0.4) is 0 Å². The van der Waals surface area contributed by atoms with Crippen molar-refractivity contribution in [3.05, 3.63) is 63.8 Å². The second kappa shape index (κ2) is 6.12. The van der Waals surface area contributed by atoms with E-state index in [1.807, 2.05) is 0 Å². The number of thiazole rings is 1. The maximum absolute atomic E-state index is 12.1. The molecule has 110 valence electrons. The van der Waals surface area contributed by atoms with Gasteiger partial charge in [0.15, 0.2) is 10.1 Å². The van der Waals surface area contributed by atoms with Crippen molar-refractivity contribution in [3.63, 3.8) is 0 Å². The van der Waals surface area contributed by atoms with E-state index in [1.165, 1.54) is 23.5 Å². The minimum Gasteiger partial charge on any atom is -0.452 e. The van der Waals surface area contributed by atoms with E-state index < -0.39 is 4.92 Å². The van der Waals surface area contributed by atoms with Crippen LogP contribution < -0.4 is 0 Å². The van der Waals surface area contributed by atoms with Crippen molar-refractivity contribution in [2.75, 3.05) is 0 Å². The summed E-state index contributed by atoms with van der Waals surface area (Å²) in [5, 5.41) is 12.3. The monoisotopic (exact) mass is 332 g/mol. The van der Waals surface area contributed by atoms with Crippen molar-refractivity contribution < 1.29 is 14.1 Å². The third-order valence-corrected chi connectivity index (χ3v) is 4.51. The first-order valence-electron chi connectivity index (χ1n) is 6.10. The number of hydrogen-bond acceptors (Lipinski definition) is 7. The topological polar surface area (TPSA) is 86.2 Å². The minimum atomic E-state index is -0.475. The molecule has 0 amide bonds. The smallest absolute Gasteiger partial charge is 0.270 e. The Hall–Kier alpha value is -2.45. The van der Waals surface area contributed by atoms with Crippen LogP contribution in [0.5, 0.6) is 0 Å². The van der Waals surface area contributed by atoms with Gasteiger partial charge in [0.25, 0.3) is 10.8 Å². The summed E-state index contributed by atoms with van der Waals surface area (Å²) < 4.78 is 6.14. The number of carbonyl (C=O) groups excluding carboxylic acids is 1. The molecule has 1 aromatic carbocycles. The van der Waals surface area contributed by atoms with Gasteiger partial charge >= 0.3 is 0 Å². The predicted molar refractivity (Wildman–Crippen MR) is 83.1 cm³/mol. The average molecular weight is 332 g/mol. The molecule has 0 aliphatic rings. The number of nitro groups is 1. The molecule has 0 unspecified atom stereocenters. The van der Waals surface area contributed by atoms with Gasteiger partial charge < -0.3 is 4.42 Å². The Labute approximate surface area is 133 Å². The Morgan fingerprint density at radius 3 is 2.91 bits per heavy atom. The minimum absolute atomic E-state index is 0.0288. The number of furan rings is 1. The van der Waals surface area contributed by atoms with Gasteiger partial charge in [-0.1, -0.05) is 12.1 Å². The number of thioether (sulfide) groups is 1. The SMILES string of the molecule is O=C(Sc1nccs1)c1ccc(-c2cccc([N+](=O)[O-])c2)o1. The summed E-state index contributed by atoms with van der Waals surface area (Å²) >= 11 is 2.36. The van der Waals surface area contributed by atoms with E-state index in [0.29, 0.717) is 15.7 Å². The molecule has 0 radical (unpaired) electrons. The zero-order valence-corrected chi connectivity index (χ0v) is 12.6. The molecule has 0 fully saturated rings. The fourth-order valence-corrected chi connectivity index (χ4v) is 3.19. The second-order valence-electron chi connectivity index (χ2n) is 4.16. The number of nitro benzene ring substituents is 1. The molecular weight excluding hydrogens is 324 g/mol. The van der Waals surface area contributed by atoms with Crippen LogP contribution in [-0.2, 0) is 0 Å². The first-order valence-corrected chi connectivity index (χ1v) is 7.79. The van der Waals surface area contributed by atoms with Gasteiger partial charge in [0.2, 0.25) is 0 Å². The summed E-state index contributed by atoms with van der Waals surface area (Å²) in [4.78, 5) is 26.4. The van der Waals surface area contributed by atoms with Crippen molar-refractivity contribution in [2.24, 2.45) is 0 Å². The zero-order chi connectivity index (χ0) is 15.5. The van der Waals surface area contributed by atoms with Gasteiger partial charge in [-0.2, -0.15) is 0 Å². The second-order valence-corrected chi connectivity index (χ2v) is 6.27. The molecule has 2 heterocycles. The van der Waals surface area contributed by atoms with Crippen LogP contribution in [0.4, 0.5) is 5.69 Å². The van der Waals surface area contributed by atoms with Crippen LogP contribution in [0.25, 0.3) is 11.3 Å². The normalized spacial score (nSPS) is 10.5. The fourth-order valence-electron chi connectivity index (χ4n) is 1.77. The highest BCUT2D eigenvalue weighted by molar-refractivity contribution is 8.15. The summed E-state index contributed by atoms with van der Waals surface area (Å²) in [7, 11) is 0. The van der Waals surface area contributed by atoms with Gasteiger partial charge in [-0.05, 0) is 23.9 Å². The molecule has 0 saturated carbocycles. The Morgan fingerprint density at radius 2 is 2.18 bits per heavy atom. The van der Waals surface area contributed by atoms with Crippen molar-refractivity contribution in [2.45, 2.75) is 4.34 Å². The van der Waals surface area contributed by atoms with E-state index >= 15 is 0 Å². The quantitative estimate of drug-likeness (QED) is 0.403. The van der Waals surface area contributed by atoms with Crippen LogP contribution in [-0.4, -0.2) is 15.0 Å². The third kappa shape index (κ3) is 3.07. The molecule has 0 saturated heterocycles. The zero-order valence-electron chi connectivity index (χ0n) is 11.0. The maximum Gasteiger partial charge on any atom is 0.270 e. The fraction of sp³-hybridized carbons (Fsp3) is 0. The molecule has 0 spiro atoms. The molecule has 0 aliphatic carbocycles. The third-order valence-electron chi connectivity index (χ3n) is 2.74. The summed E-state index contributed by atoms with van der Waals surface area (Å²) in [5.74, 6) is 0.591. The highest BCUT2D eigenvalue weighted by atomic mass is 32.2. The molecule has 0 aliphatic heterocycles. The number of non-ortho nitro benzene ring substituents is 1. The standard InChI is InChI=1S/C14H8N2O4S2/c17-13(22-14-15-6-7-21-14)12-5-4-11(20-12)9-2-1-3-10(8-9)16(18)19/h1-8H. The van der Waals surface area contributed by atoms with Crippen molar-refractivity contribution >= 4 is 33.9 Å². The van der Waals surface area contributed by atoms with E-state index in [4.69, 9.17) is 4.42 Å². The summed E-state index contributed by atoms with van der Waals surface area (Å²) in [5.41, 5.74) is 0.520. The van der Waals surface area contributed by atoms with Crippen LogP contribution in [0.15, 0.2) is 56.7 Å².